The fourth-order valence-electron chi connectivity index (χ4n) is 2.08. The molecule has 0 N–H and O–H groups in total. The molecule has 0 atom stereocenters. The molecule has 0 saturated carbocycles. The number of amides is 1. The van der Waals surface area contributed by atoms with Crippen molar-refractivity contribution in [1.29, 1.82) is 0 Å². The number of benzene rings is 2. The summed E-state index contributed by atoms with van der Waals surface area (Å²) in [5.74, 6) is -1.84. The molecular weight excluding hydrogens is 386 g/mol. The molecule has 144 valence electrons. The molecular formula is C18H15F4NO3S. The Bertz CT molecular complexity index is 809. The summed E-state index contributed by atoms with van der Waals surface area (Å²) < 4.78 is 55.3. The van der Waals surface area contributed by atoms with Gasteiger partial charge in [0.15, 0.2) is 6.61 Å². The molecule has 2 aromatic carbocycles. The zero-order valence-electron chi connectivity index (χ0n) is 14.1. The first kappa shape index (κ1) is 20.8. The van der Waals surface area contributed by atoms with Crippen LogP contribution >= 0.6 is 11.8 Å². The monoisotopic (exact) mass is 401 g/mol. The van der Waals surface area contributed by atoms with Gasteiger partial charge in [-0.05, 0) is 42.1 Å². The van der Waals surface area contributed by atoms with E-state index in [2.05, 4.69) is 0 Å². The second kappa shape index (κ2) is 8.90. The van der Waals surface area contributed by atoms with E-state index in [-0.39, 0.29) is 28.8 Å². The third-order valence-corrected chi connectivity index (χ3v) is 4.18. The number of carbonyl (C=O) groups excluding carboxylic acids is 2. The fourth-order valence-corrected chi connectivity index (χ4v) is 2.62. The van der Waals surface area contributed by atoms with Gasteiger partial charge >= 0.3 is 11.5 Å². The summed E-state index contributed by atoms with van der Waals surface area (Å²) in [5.41, 5.74) is -4.08. The Morgan fingerprint density at radius 2 is 1.70 bits per heavy atom. The van der Waals surface area contributed by atoms with Crippen molar-refractivity contribution >= 4 is 23.6 Å². The van der Waals surface area contributed by atoms with Gasteiger partial charge in [-0.15, -0.1) is 0 Å². The van der Waals surface area contributed by atoms with Crippen LogP contribution in [0.1, 0.15) is 15.9 Å². The Labute approximate surface area is 157 Å². The molecule has 27 heavy (non-hydrogen) atoms. The maximum Gasteiger partial charge on any atom is 0.446 e. The van der Waals surface area contributed by atoms with Crippen LogP contribution in [0.2, 0.25) is 0 Å². The zero-order chi connectivity index (χ0) is 20.0. The number of halogens is 4. The Kier molecular flexibility index (Phi) is 6.84. The van der Waals surface area contributed by atoms with Crippen molar-refractivity contribution in [3.05, 3.63) is 65.5 Å². The van der Waals surface area contributed by atoms with Gasteiger partial charge in [0.05, 0.1) is 5.56 Å². The van der Waals surface area contributed by atoms with Crippen LogP contribution in [0, 0.1) is 5.82 Å². The van der Waals surface area contributed by atoms with E-state index in [1.54, 1.807) is 6.07 Å². The highest BCUT2D eigenvalue weighted by Gasteiger charge is 2.29. The lowest BCUT2D eigenvalue weighted by atomic mass is 10.2. The Morgan fingerprint density at radius 1 is 1.07 bits per heavy atom. The number of thioether (sulfide) groups is 1. The number of likely N-dealkylation sites (N-methyl/N-ethyl adjacent to an activating group) is 1. The third kappa shape index (κ3) is 6.59. The van der Waals surface area contributed by atoms with Crippen LogP contribution in [0.25, 0.3) is 0 Å². The van der Waals surface area contributed by atoms with E-state index in [1.807, 2.05) is 0 Å². The number of rotatable bonds is 6. The van der Waals surface area contributed by atoms with E-state index >= 15 is 0 Å². The minimum Gasteiger partial charge on any atom is -0.452 e. The molecule has 0 aliphatic heterocycles. The lowest BCUT2D eigenvalue weighted by Gasteiger charge is -2.17. The molecule has 0 aromatic heterocycles. The van der Waals surface area contributed by atoms with Crippen LogP contribution in [0.15, 0.2) is 53.4 Å². The van der Waals surface area contributed by atoms with Gasteiger partial charge in [0.2, 0.25) is 0 Å². The van der Waals surface area contributed by atoms with Gasteiger partial charge in [0, 0.05) is 24.1 Å². The van der Waals surface area contributed by atoms with Crippen LogP contribution in [0.5, 0.6) is 0 Å². The molecule has 2 aromatic rings. The molecule has 2 rings (SSSR count). The van der Waals surface area contributed by atoms with Gasteiger partial charge in [0.1, 0.15) is 5.82 Å². The first-order valence-electron chi connectivity index (χ1n) is 7.66. The lowest BCUT2D eigenvalue weighted by Crippen LogP contribution is -2.31. The molecule has 0 bridgehead atoms. The topological polar surface area (TPSA) is 46.6 Å². The normalized spacial score (nSPS) is 11.1. The molecule has 0 saturated heterocycles. The maximum atomic E-state index is 13.6. The molecule has 1 amide bonds. The second-order valence-electron chi connectivity index (χ2n) is 5.49. The third-order valence-electron chi connectivity index (χ3n) is 3.44. The number of carbonyl (C=O) groups is 2. The molecule has 9 heteroatoms. The molecule has 0 aliphatic rings. The highest BCUT2D eigenvalue weighted by molar-refractivity contribution is 8.00. The van der Waals surface area contributed by atoms with Crippen LogP contribution < -0.4 is 0 Å². The van der Waals surface area contributed by atoms with Crippen molar-refractivity contribution in [3.63, 3.8) is 0 Å². The van der Waals surface area contributed by atoms with Crippen molar-refractivity contribution in [1.82, 2.24) is 4.90 Å². The van der Waals surface area contributed by atoms with E-state index < -0.39 is 29.8 Å². The largest absolute Gasteiger partial charge is 0.452 e. The van der Waals surface area contributed by atoms with Gasteiger partial charge in [-0.25, -0.2) is 9.18 Å². The van der Waals surface area contributed by atoms with Crippen LogP contribution in [0.3, 0.4) is 0 Å². The summed E-state index contributed by atoms with van der Waals surface area (Å²) in [7, 11) is 1.44. The van der Waals surface area contributed by atoms with E-state index in [0.717, 1.165) is 12.1 Å². The summed E-state index contributed by atoms with van der Waals surface area (Å²) in [6, 6.07) is 10.6. The van der Waals surface area contributed by atoms with E-state index in [4.69, 9.17) is 4.74 Å². The number of hydrogen-bond donors (Lipinski definition) is 0. The molecule has 0 spiro atoms. The van der Waals surface area contributed by atoms with Gasteiger partial charge in [-0.3, -0.25) is 4.79 Å². The summed E-state index contributed by atoms with van der Waals surface area (Å²) in [5, 5.41) is 0. The lowest BCUT2D eigenvalue weighted by molar-refractivity contribution is -0.133. The number of hydrogen-bond acceptors (Lipinski definition) is 4. The average Bonchev–Trinajstić information content (AvgIpc) is 2.60. The zero-order valence-corrected chi connectivity index (χ0v) is 14.9. The standard InChI is InChI=1S/C18H15F4NO3S/c1-23(10-13-4-2-3-5-15(13)19)16(24)11-26-17(25)12-6-8-14(9-7-12)27-18(20,21)22/h2-9H,10-11H2,1H3. The SMILES string of the molecule is CN(Cc1ccccc1F)C(=O)COC(=O)c1ccc(SC(F)(F)F)cc1. The maximum absolute atomic E-state index is 13.6. The fraction of sp³-hybridized carbons (Fsp3) is 0.222. The van der Waals surface area contributed by atoms with Crippen molar-refractivity contribution in [2.24, 2.45) is 0 Å². The summed E-state index contributed by atoms with van der Waals surface area (Å²) in [6.45, 7) is -0.560. The number of nitrogens with zero attached hydrogens (tertiary/aromatic N) is 1. The Morgan fingerprint density at radius 3 is 2.30 bits per heavy atom. The van der Waals surface area contributed by atoms with Crippen molar-refractivity contribution in [2.75, 3.05) is 13.7 Å². The van der Waals surface area contributed by atoms with E-state index in [0.29, 0.717) is 5.56 Å². The molecule has 0 radical (unpaired) electrons. The van der Waals surface area contributed by atoms with Crippen molar-refractivity contribution in [3.8, 4) is 0 Å². The summed E-state index contributed by atoms with van der Waals surface area (Å²) in [6.07, 6.45) is 0. The van der Waals surface area contributed by atoms with Gasteiger partial charge in [-0.2, -0.15) is 13.2 Å². The van der Waals surface area contributed by atoms with Gasteiger partial charge < -0.3 is 9.64 Å². The second-order valence-corrected chi connectivity index (χ2v) is 6.63. The highest BCUT2D eigenvalue weighted by Crippen LogP contribution is 2.36. The molecule has 0 fully saturated rings. The van der Waals surface area contributed by atoms with E-state index in [1.165, 1.54) is 42.3 Å². The Hall–Kier alpha value is -2.55. The first-order chi connectivity index (χ1) is 12.7. The minimum absolute atomic E-state index is 0.00637. The van der Waals surface area contributed by atoms with Crippen LogP contribution in [-0.4, -0.2) is 35.9 Å². The highest BCUT2D eigenvalue weighted by atomic mass is 32.2. The summed E-state index contributed by atoms with van der Waals surface area (Å²) in [4.78, 5) is 25.0. The van der Waals surface area contributed by atoms with E-state index in [9.17, 15) is 27.2 Å². The number of esters is 1. The minimum atomic E-state index is -4.42. The average molecular weight is 401 g/mol. The molecule has 0 unspecified atom stereocenters. The van der Waals surface area contributed by atoms with Crippen LogP contribution in [-0.2, 0) is 16.1 Å². The molecule has 0 heterocycles. The van der Waals surface area contributed by atoms with Crippen molar-refractivity contribution in [2.45, 2.75) is 16.9 Å². The molecule has 4 nitrogen and oxygen atoms in total. The van der Waals surface area contributed by atoms with Gasteiger partial charge in [-0.1, -0.05) is 18.2 Å². The number of ether oxygens (including phenoxy) is 1. The first-order valence-corrected chi connectivity index (χ1v) is 8.47. The molecule has 0 aliphatic carbocycles. The summed E-state index contributed by atoms with van der Waals surface area (Å²) >= 11 is -0.298. The smallest absolute Gasteiger partial charge is 0.446 e. The van der Waals surface area contributed by atoms with Gasteiger partial charge in [0.25, 0.3) is 5.91 Å². The predicted octanol–water partition coefficient (Wildman–Crippen LogP) is 4.25. The Balaban J connectivity index is 1.87. The number of alkyl halides is 3. The van der Waals surface area contributed by atoms with Crippen molar-refractivity contribution < 1.29 is 31.9 Å². The quantitative estimate of drug-likeness (QED) is 0.412. The predicted molar refractivity (Wildman–Crippen MR) is 91.5 cm³/mol. The van der Waals surface area contributed by atoms with Crippen LogP contribution in [0.4, 0.5) is 17.6 Å².